The van der Waals surface area contributed by atoms with Crippen molar-refractivity contribution < 1.29 is 30.2 Å². The summed E-state index contributed by atoms with van der Waals surface area (Å²) >= 11 is 7.35. The first-order chi connectivity index (χ1) is 21.1. The predicted octanol–water partition coefficient (Wildman–Crippen LogP) is 6.90. The molecule has 0 spiro atoms. The Bertz CT molecular complexity index is 1810. The zero-order valence-corrected chi connectivity index (χ0v) is 28.4. The van der Waals surface area contributed by atoms with Gasteiger partial charge < -0.3 is 15.0 Å². The highest BCUT2D eigenvalue weighted by Gasteiger charge is 2.38. The van der Waals surface area contributed by atoms with Crippen LogP contribution in [0.25, 0.3) is 11.3 Å². The molecule has 0 saturated carbocycles. The van der Waals surface area contributed by atoms with Crippen molar-refractivity contribution in [1.82, 2.24) is 9.55 Å². The molecule has 0 aliphatic carbocycles. The van der Waals surface area contributed by atoms with Gasteiger partial charge >= 0.3 is 10.0 Å². The molecule has 4 rings (SSSR count). The SMILES string of the molecule is COc1cc(C(C)(C)c2c(-c3ccc(F)cc3)nc(SCc3c(F)ccc(S(=O)(=O)[N+](C)(C)CCCN)c3F)n2C)ccc1Cl. The third kappa shape index (κ3) is 6.76. The molecule has 3 aromatic carbocycles. The molecule has 0 amide bonds. The van der Waals surface area contributed by atoms with E-state index in [-0.39, 0.29) is 24.4 Å². The van der Waals surface area contributed by atoms with Crippen LogP contribution in [0.5, 0.6) is 5.75 Å². The molecule has 0 aliphatic rings. The maximum atomic E-state index is 15.8. The zero-order chi connectivity index (χ0) is 33.3. The molecule has 2 N–H and O–H groups in total. The van der Waals surface area contributed by atoms with E-state index >= 15 is 8.78 Å². The van der Waals surface area contributed by atoms with Gasteiger partial charge in [0.05, 0.1) is 44.2 Å². The molecule has 0 atom stereocenters. The van der Waals surface area contributed by atoms with Gasteiger partial charge in [-0.2, -0.15) is 8.42 Å². The van der Waals surface area contributed by atoms with Crippen molar-refractivity contribution in [1.29, 1.82) is 0 Å². The number of quaternary nitrogens is 1. The fourth-order valence-corrected chi connectivity index (χ4v) is 7.88. The van der Waals surface area contributed by atoms with Crippen molar-refractivity contribution in [2.75, 3.05) is 34.3 Å². The fraction of sp³-hybridized carbons (Fsp3) is 0.344. The van der Waals surface area contributed by atoms with Crippen molar-refractivity contribution in [3.05, 3.63) is 93.9 Å². The second kappa shape index (κ2) is 13.4. The maximum absolute atomic E-state index is 15.8. The second-order valence-electron chi connectivity index (χ2n) is 11.7. The topological polar surface area (TPSA) is 87.2 Å². The van der Waals surface area contributed by atoms with Gasteiger partial charge in [-0.25, -0.2) is 22.0 Å². The number of thioether (sulfide) groups is 1. The number of hydrogen-bond donors (Lipinski definition) is 1. The lowest BCUT2D eigenvalue weighted by Gasteiger charge is -2.28. The van der Waals surface area contributed by atoms with Gasteiger partial charge in [0.25, 0.3) is 0 Å². The van der Waals surface area contributed by atoms with E-state index in [4.69, 9.17) is 27.1 Å². The number of nitrogens with two attached hydrogens (primary N) is 1. The number of sulfonamides is 1. The Labute approximate surface area is 271 Å². The van der Waals surface area contributed by atoms with Crippen LogP contribution in [0.15, 0.2) is 64.6 Å². The Morgan fingerprint density at radius 3 is 2.36 bits per heavy atom. The van der Waals surface area contributed by atoms with Crippen molar-refractivity contribution in [2.45, 2.75) is 41.5 Å². The van der Waals surface area contributed by atoms with Crippen LogP contribution in [0.1, 0.15) is 37.1 Å². The number of imidazole rings is 1. The molecule has 1 heterocycles. The molecule has 0 bridgehead atoms. The minimum Gasteiger partial charge on any atom is -0.495 e. The van der Waals surface area contributed by atoms with Gasteiger partial charge in [0, 0.05) is 35.8 Å². The lowest BCUT2D eigenvalue weighted by molar-refractivity contribution is -0.762. The first-order valence-electron chi connectivity index (χ1n) is 14.1. The van der Waals surface area contributed by atoms with Crippen LogP contribution in [0.3, 0.4) is 0 Å². The lowest BCUT2D eigenvalue weighted by Crippen LogP contribution is -2.46. The van der Waals surface area contributed by atoms with E-state index in [2.05, 4.69) is 0 Å². The molecule has 0 fully saturated rings. The number of methoxy groups -OCH3 is 1. The van der Waals surface area contributed by atoms with Crippen LogP contribution in [0, 0.1) is 17.5 Å². The van der Waals surface area contributed by atoms with Gasteiger partial charge in [-0.1, -0.05) is 43.3 Å². The number of benzene rings is 3. The first kappa shape index (κ1) is 34.8. The number of halogens is 4. The molecule has 0 radical (unpaired) electrons. The normalized spacial score (nSPS) is 12.5. The highest BCUT2D eigenvalue weighted by atomic mass is 35.5. The Morgan fingerprint density at radius 1 is 1.07 bits per heavy atom. The molecule has 1 aromatic heterocycles. The molecule has 45 heavy (non-hydrogen) atoms. The molecule has 0 aliphatic heterocycles. The summed E-state index contributed by atoms with van der Waals surface area (Å²) in [6.45, 7) is 4.43. The van der Waals surface area contributed by atoms with E-state index < -0.39 is 41.7 Å². The summed E-state index contributed by atoms with van der Waals surface area (Å²) < 4.78 is 78.3. The smallest absolute Gasteiger partial charge is 0.329 e. The Kier molecular flexibility index (Phi) is 10.3. The molecule has 4 aromatic rings. The van der Waals surface area contributed by atoms with E-state index in [0.717, 1.165) is 35.2 Å². The third-order valence-electron chi connectivity index (χ3n) is 7.96. The lowest BCUT2D eigenvalue weighted by atomic mass is 9.79. The number of rotatable bonds is 12. The van der Waals surface area contributed by atoms with Crippen molar-refractivity contribution in [3.8, 4) is 17.0 Å². The van der Waals surface area contributed by atoms with Crippen LogP contribution >= 0.6 is 23.4 Å². The second-order valence-corrected chi connectivity index (χ2v) is 15.4. The van der Waals surface area contributed by atoms with E-state index in [1.165, 1.54) is 33.3 Å². The summed E-state index contributed by atoms with van der Waals surface area (Å²) in [5.41, 5.74) is 7.29. The standard InChI is InChI=1S/C32H37ClF3N4O3S2/c1-32(2,21-10-13-24(33)26(18-21)43-6)30-29(20-8-11-22(34)12-9-20)38-31(39(30)3)44-19-23-25(35)14-15-27(28(23)36)45(41,42)40(4,5)17-7-16-37/h8-15,18H,7,16-17,19,37H2,1-6H3/q+1. The number of aromatic nitrogens is 2. The highest BCUT2D eigenvalue weighted by Crippen LogP contribution is 2.42. The highest BCUT2D eigenvalue weighted by molar-refractivity contribution is 7.98. The quantitative estimate of drug-likeness (QED) is 0.129. The van der Waals surface area contributed by atoms with Gasteiger partial charge in [-0.05, 0) is 60.6 Å². The molecule has 0 saturated heterocycles. The van der Waals surface area contributed by atoms with E-state index in [1.54, 1.807) is 25.2 Å². The van der Waals surface area contributed by atoms with Crippen LogP contribution < -0.4 is 10.5 Å². The third-order valence-corrected chi connectivity index (χ3v) is 11.7. The molecular weight excluding hydrogens is 645 g/mol. The number of hydrogen-bond acceptors (Lipinski definition) is 6. The molecule has 13 heteroatoms. The van der Waals surface area contributed by atoms with Gasteiger partial charge in [-0.15, -0.1) is 0 Å². The molecule has 7 nitrogen and oxygen atoms in total. The summed E-state index contributed by atoms with van der Waals surface area (Å²) in [6, 6.07) is 13.3. The van der Waals surface area contributed by atoms with Gasteiger partial charge in [0.1, 0.15) is 17.4 Å². The Morgan fingerprint density at radius 2 is 1.73 bits per heavy atom. The van der Waals surface area contributed by atoms with Crippen LogP contribution in [-0.2, 0) is 28.2 Å². The first-order valence-corrected chi connectivity index (χ1v) is 16.9. The summed E-state index contributed by atoms with van der Waals surface area (Å²) in [5, 5.41) is 0.872. The average molecular weight is 682 g/mol. The van der Waals surface area contributed by atoms with Gasteiger partial charge in [-0.3, -0.25) is 0 Å². The van der Waals surface area contributed by atoms with Crippen LogP contribution in [0.2, 0.25) is 5.02 Å². The molecule has 242 valence electrons. The zero-order valence-electron chi connectivity index (χ0n) is 26.0. The maximum Gasteiger partial charge on any atom is 0.329 e. The average Bonchev–Trinajstić information content (AvgIpc) is 3.32. The Hall–Kier alpha value is -3.03. The van der Waals surface area contributed by atoms with Gasteiger partial charge in [0.15, 0.2) is 15.9 Å². The van der Waals surface area contributed by atoms with Crippen LogP contribution in [-0.4, -0.2) is 56.2 Å². The summed E-state index contributed by atoms with van der Waals surface area (Å²) in [7, 11) is 2.01. The number of nitrogens with zero attached hydrogens (tertiary/aromatic N) is 3. The van der Waals surface area contributed by atoms with Crippen molar-refractivity contribution >= 4 is 33.4 Å². The fourth-order valence-electron chi connectivity index (χ4n) is 5.22. The largest absolute Gasteiger partial charge is 0.495 e. The summed E-state index contributed by atoms with van der Waals surface area (Å²) in [4.78, 5) is 4.27. The summed E-state index contributed by atoms with van der Waals surface area (Å²) in [5.74, 6) is -2.15. The minimum absolute atomic E-state index is 0.164. The molecular formula is C32H37ClF3N4O3S2+. The van der Waals surface area contributed by atoms with Crippen LogP contribution in [0.4, 0.5) is 13.2 Å². The summed E-state index contributed by atoms with van der Waals surface area (Å²) in [6.07, 6.45) is 0.411. The van der Waals surface area contributed by atoms with E-state index in [9.17, 15) is 12.8 Å². The van der Waals surface area contributed by atoms with Crippen molar-refractivity contribution in [2.24, 2.45) is 12.8 Å². The monoisotopic (exact) mass is 681 g/mol. The Balaban J connectivity index is 1.79. The molecule has 0 unspecified atom stereocenters. The predicted molar refractivity (Wildman–Crippen MR) is 172 cm³/mol. The van der Waals surface area contributed by atoms with E-state index in [1.807, 2.05) is 30.5 Å². The minimum atomic E-state index is -4.21. The van der Waals surface area contributed by atoms with Gasteiger partial charge in [0.2, 0.25) is 0 Å². The number of ether oxygens (including phenoxy) is 1. The van der Waals surface area contributed by atoms with Crippen molar-refractivity contribution in [3.63, 3.8) is 0 Å². The van der Waals surface area contributed by atoms with E-state index in [0.29, 0.717) is 33.6 Å².